The van der Waals surface area contributed by atoms with Crippen LogP contribution < -0.4 is 0 Å². The second-order valence-corrected chi connectivity index (χ2v) is 6.87. The van der Waals surface area contributed by atoms with Crippen molar-refractivity contribution in [2.45, 2.75) is 39.5 Å². The van der Waals surface area contributed by atoms with Gasteiger partial charge >= 0.3 is 0 Å². The quantitative estimate of drug-likeness (QED) is 0.799. The molecule has 0 saturated heterocycles. The summed E-state index contributed by atoms with van der Waals surface area (Å²) < 4.78 is 113. The van der Waals surface area contributed by atoms with E-state index < -0.39 is 63.0 Å². The molecule has 1 aliphatic heterocycles. The van der Waals surface area contributed by atoms with Crippen molar-refractivity contribution in [2.75, 3.05) is 26.5 Å². The van der Waals surface area contributed by atoms with Crippen LogP contribution in [0.5, 0.6) is 0 Å². The van der Waals surface area contributed by atoms with E-state index in [1.165, 1.54) is 10.6 Å². The van der Waals surface area contributed by atoms with Crippen molar-refractivity contribution in [3.63, 3.8) is 0 Å². The number of fused-ring (bicyclic) bond motifs is 2. The minimum absolute atomic E-state index is 0.0304. The highest BCUT2D eigenvalue weighted by molar-refractivity contribution is 6.03. The van der Waals surface area contributed by atoms with E-state index in [0.717, 1.165) is 4.90 Å². The Bertz CT molecular complexity index is 1440. The molecule has 2 aromatic rings. The second kappa shape index (κ2) is 7.21. The van der Waals surface area contributed by atoms with Crippen LogP contribution in [0.1, 0.15) is 62.2 Å². The zero-order valence-electron chi connectivity index (χ0n) is 29.2. The van der Waals surface area contributed by atoms with Crippen molar-refractivity contribution in [1.29, 1.82) is 0 Å². The molecule has 5 nitrogen and oxygen atoms in total. The third-order valence-electron chi connectivity index (χ3n) is 5.36. The number of benzene rings is 1. The van der Waals surface area contributed by atoms with E-state index in [0.29, 0.717) is 22.0 Å². The first-order valence-corrected chi connectivity index (χ1v) is 8.97. The lowest BCUT2D eigenvalue weighted by molar-refractivity contribution is -0.134. The Balaban J connectivity index is 1.97. The van der Waals surface area contributed by atoms with Crippen LogP contribution in [0.15, 0.2) is 30.4 Å². The van der Waals surface area contributed by atoms with Gasteiger partial charge in [0, 0.05) is 61.4 Å². The van der Waals surface area contributed by atoms with Crippen LogP contribution in [0.2, 0.25) is 0 Å². The number of aromatic nitrogens is 1. The smallest absolute Gasteiger partial charge is 0.230 e. The predicted molar refractivity (Wildman–Crippen MR) is 112 cm³/mol. The van der Waals surface area contributed by atoms with Crippen LogP contribution in [0.4, 0.5) is 0 Å². The molecule has 4 rings (SSSR count). The molecule has 28 heavy (non-hydrogen) atoms. The van der Waals surface area contributed by atoms with Crippen molar-refractivity contribution in [2.24, 2.45) is 5.92 Å². The summed E-state index contributed by atoms with van der Waals surface area (Å²) in [7, 11) is 0. The second-order valence-electron chi connectivity index (χ2n) is 6.87. The third-order valence-corrected chi connectivity index (χ3v) is 5.36. The molecule has 1 aromatic heterocycles. The number of likely N-dealkylation sites (N-methyl/N-ethyl adjacent to an activating group) is 1. The fourth-order valence-corrected chi connectivity index (χ4v) is 4.06. The highest BCUT2D eigenvalue weighted by Gasteiger charge is 2.37. The Kier molecular flexibility index (Phi) is 2.20. The average molecular weight is 394 g/mol. The van der Waals surface area contributed by atoms with Crippen LogP contribution in [0.25, 0.3) is 16.5 Å². The SMILES string of the molecule is [2H]c1c2c3c(cccc3n1C(=O)CC)C1=C[C@@H](C(=O)N(C([2H])([2H])C([2H])([2H])[2H])C([2H])([2H])C([2H])([2H])[2H])CN(C([2H])([2H])[2H])[C@@H]1C2. The topological polar surface area (TPSA) is 45.6 Å². The first kappa shape index (κ1) is 8.54. The van der Waals surface area contributed by atoms with E-state index in [2.05, 4.69) is 0 Å². The highest BCUT2D eigenvalue weighted by Crippen LogP contribution is 2.41. The van der Waals surface area contributed by atoms with Crippen LogP contribution >= 0.6 is 0 Å². The van der Waals surface area contributed by atoms with Crippen LogP contribution in [0, 0.1) is 5.92 Å². The van der Waals surface area contributed by atoms with Crippen LogP contribution in [-0.4, -0.2) is 58.7 Å². The summed E-state index contributed by atoms with van der Waals surface area (Å²) >= 11 is 0. The summed E-state index contributed by atoms with van der Waals surface area (Å²) in [6.07, 6.45) is 1.25. The number of amides is 1. The minimum Gasteiger partial charge on any atom is -0.343 e. The summed E-state index contributed by atoms with van der Waals surface area (Å²) in [6.45, 7) is -16.8. The van der Waals surface area contributed by atoms with Gasteiger partial charge in [0.1, 0.15) is 0 Å². The van der Waals surface area contributed by atoms with E-state index in [9.17, 15) is 9.59 Å². The van der Waals surface area contributed by atoms with Crippen molar-refractivity contribution in [1.82, 2.24) is 14.4 Å². The summed E-state index contributed by atoms with van der Waals surface area (Å²) in [5.41, 5.74) is 1.47. The van der Waals surface area contributed by atoms with Gasteiger partial charge in [-0.1, -0.05) is 25.1 Å². The van der Waals surface area contributed by atoms with E-state index in [-0.39, 0.29) is 30.5 Å². The summed E-state index contributed by atoms with van der Waals surface area (Å²) in [5.74, 6) is -3.59. The molecular weight excluding hydrogens is 350 g/mol. The monoisotopic (exact) mass is 393 g/mol. The Morgan fingerprint density at radius 1 is 1.36 bits per heavy atom. The number of carbonyl (C=O) groups is 2. The van der Waals surface area contributed by atoms with Crippen molar-refractivity contribution < 1.29 is 28.8 Å². The lowest BCUT2D eigenvalue weighted by Crippen LogP contribution is -2.47. The van der Waals surface area contributed by atoms with Crippen LogP contribution in [-0.2, 0) is 11.2 Å². The lowest BCUT2D eigenvalue weighted by Gasteiger charge is -2.40. The molecule has 2 atom stereocenters. The molecule has 0 bridgehead atoms. The molecule has 2 heterocycles. The van der Waals surface area contributed by atoms with E-state index in [1.807, 2.05) is 0 Å². The first-order chi connectivity index (χ1) is 19.0. The summed E-state index contributed by atoms with van der Waals surface area (Å²) in [4.78, 5) is 27.2. The zero-order chi connectivity index (χ0) is 32.0. The van der Waals surface area contributed by atoms with Crippen LogP contribution in [0.3, 0.4) is 0 Å². The normalized spacial score (nSPS) is 31.1. The Morgan fingerprint density at radius 3 is 2.89 bits per heavy atom. The van der Waals surface area contributed by atoms with Gasteiger partial charge < -0.3 is 4.90 Å². The van der Waals surface area contributed by atoms with Gasteiger partial charge in [0.25, 0.3) is 0 Å². The zero-order valence-corrected chi connectivity index (χ0v) is 15.2. The van der Waals surface area contributed by atoms with Gasteiger partial charge in [-0.3, -0.25) is 19.1 Å². The molecule has 1 aliphatic carbocycles. The van der Waals surface area contributed by atoms with Crippen molar-refractivity contribution >= 4 is 28.3 Å². The molecule has 0 radical (unpaired) electrons. The fraction of sp³-hybridized carbons (Fsp3) is 0.478. The maximum Gasteiger partial charge on any atom is 0.230 e. The molecule has 0 saturated carbocycles. The number of hydrogen-bond acceptors (Lipinski definition) is 3. The molecule has 1 aromatic carbocycles. The standard InChI is InChI=1S/C23H29N3O2/c1-5-21(27)26-14-15-12-20-18(17-9-8-10-19(26)22(15)17)11-16(13-24(20)4)23(28)25(6-2)7-3/h8-11,14,16,20H,5-7,12-13H2,1-4H3/t16-,20-/m1/s1/i2D3,3D3,4D3,6D2,7D2,14D. The number of rotatable bonds is 4. The van der Waals surface area contributed by atoms with Gasteiger partial charge in [-0.15, -0.1) is 0 Å². The fourth-order valence-electron chi connectivity index (χ4n) is 4.06. The third kappa shape index (κ3) is 2.80. The first-order valence-electron chi connectivity index (χ1n) is 16.0. The van der Waals surface area contributed by atoms with E-state index in [4.69, 9.17) is 19.2 Å². The maximum absolute atomic E-state index is 13.9. The molecular formula is C23H29N3O2. The van der Waals surface area contributed by atoms with Gasteiger partial charge in [0.05, 0.1) is 12.8 Å². The van der Waals surface area contributed by atoms with Gasteiger partial charge in [-0.05, 0) is 49.9 Å². The van der Waals surface area contributed by atoms with Gasteiger partial charge in [0.15, 0.2) is 0 Å². The maximum atomic E-state index is 13.9. The predicted octanol–water partition coefficient (Wildman–Crippen LogP) is 3.43. The van der Waals surface area contributed by atoms with Gasteiger partial charge in [-0.25, -0.2) is 0 Å². The highest BCUT2D eigenvalue weighted by atomic mass is 16.2. The molecule has 2 aliphatic rings. The van der Waals surface area contributed by atoms with Gasteiger partial charge in [0.2, 0.25) is 11.8 Å². The molecule has 0 fully saturated rings. The average Bonchev–Trinajstić information content (AvgIpc) is 3.13. The molecule has 148 valence electrons. The summed E-state index contributed by atoms with van der Waals surface area (Å²) in [5, 5.41) is 0.484. The Labute approximate surface area is 186 Å². The van der Waals surface area contributed by atoms with E-state index >= 15 is 0 Å². The Hall–Kier alpha value is -2.40. The Morgan fingerprint density at radius 2 is 2.18 bits per heavy atom. The number of hydrogen-bond donors (Lipinski definition) is 0. The number of carbonyl (C=O) groups excluding carboxylic acids is 2. The molecule has 5 heteroatoms. The molecule has 0 N–H and O–H groups in total. The lowest BCUT2D eigenvalue weighted by atomic mass is 9.79. The van der Waals surface area contributed by atoms with E-state index in [1.54, 1.807) is 25.1 Å². The molecule has 0 spiro atoms. The summed E-state index contributed by atoms with van der Waals surface area (Å²) in [6, 6.07) is 3.87. The molecule has 0 unspecified atom stereocenters. The van der Waals surface area contributed by atoms with Crippen molar-refractivity contribution in [3.8, 4) is 0 Å². The van der Waals surface area contributed by atoms with Crippen molar-refractivity contribution in [3.05, 3.63) is 41.6 Å². The minimum atomic E-state index is -3.79. The number of nitrogens with zero attached hydrogens (tertiary/aromatic N) is 3. The molecule has 1 amide bonds. The largest absolute Gasteiger partial charge is 0.343 e. The van der Waals surface area contributed by atoms with Gasteiger partial charge in [-0.2, -0.15) is 0 Å².